The van der Waals surface area contributed by atoms with Gasteiger partial charge in [-0.25, -0.2) is 17.9 Å². The van der Waals surface area contributed by atoms with E-state index in [0.29, 0.717) is 5.69 Å². The fourth-order valence-corrected chi connectivity index (χ4v) is 4.23. The minimum atomic E-state index is -3.94. The highest BCUT2D eigenvalue weighted by Crippen LogP contribution is 2.20. The number of sulfonamides is 1. The summed E-state index contributed by atoms with van der Waals surface area (Å²) in [6.07, 6.45) is 0.0710. The predicted octanol–water partition coefficient (Wildman–Crippen LogP) is 3.00. The summed E-state index contributed by atoms with van der Waals surface area (Å²) in [7, 11) is -3.94. The van der Waals surface area contributed by atoms with E-state index in [1.54, 1.807) is 66.7 Å². The number of carboxylic acid groups (broad SMARTS) is 1. The van der Waals surface area contributed by atoms with E-state index < -0.39 is 34.5 Å². The first-order valence-electron chi connectivity index (χ1n) is 9.98. The smallest absolute Gasteiger partial charge is 0.327 e. The number of anilines is 1. The summed E-state index contributed by atoms with van der Waals surface area (Å²) in [5.74, 6) is -1.86. The third-order valence-electron chi connectivity index (χ3n) is 4.92. The Kier molecular flexibility index (Phi) is 7.40. The Morgan fingerprint density at radius 1 is 0.906 bits per heavy atom. The van der Waals surface area contributed by atoms with Gasteiger partial charge < -0.3 is 5.11 Å². The molecule has 0 aromatic heterocycles. The molecule has 0 unspecified atom stereocenters. The molecule has 3 aromatic carbocycles. The molecule has 8 heteroatoms. The van der Waals surface area contributed by atoms with Crippen LogP contribution in [0.5, 0.6) is 0 Å². The van der Waals surface area contributed by atoms with Crippen LogP contribution >= 0.6 is 0 Å². The molecule has 1 amide bonds. The quantitative estimate of drug-likeness (QED) is 0.519. The van der Waals surface area contributed by atoms with Gasteiger partial charge in [0.1, 0.15) is 6.04 Å². The first kappa shape index (κ1) is 23.2. The van der Waals surface area contributed by atoms with Crippen molar-refractivity contribution in [2.45, 2.75) is 24.3 Å². The summed E-state index contributed by atoms with van der Waals surface area (Å²) in [6, 6.07) is 22.3. The number of para-hydroxylation sites is 1. The highest BCUT2D eigenvalue weighted by molar-refractivity contribution is 7.89. The Balaban J connectivity index is 1.87. The highest BCUT2D eigenvalue weighted by atomic mass is 32.2. The Bertz CT molecular complexity index is 1160. The van der Waals surface area contributed by atoms with Crippen LogP contribution < -0.4 is 9.62 Å². The van der Waals surface area contributed by atoms with Crippen LogP contribution in [0.2, 0.25) is 0 Å². The molecule has 166 valence electrons. The largest absolute Gasteiger partial charge is 0.480 e. The molecule has 0 heterocycles. The van der Waals surface area contributed by atoms with Crippen molar-refractivity contribution < 1.29 is 23.1 Å². The molecule has 0 spiro atoms. The van der Waals surface area contributed by atoms with Gasteiger partial charge in [0.25, 0.3) is 0 Å². The standard InChI is InChI=1S/C24H24N2O5S/c1-18-12-14-21(15-13-18)32(30,31)25-17-23(27)26(20-10-6-3-7-11-20)22(24(28)29)16-19-8-4-2-5-9-19/h2-15,22,25H,16-17H2,1H3,(H,28,29)/t22-/m0/s1. The van der Waals surface area contributed by atoms with Gasteiger partial charge in [0.2, 0.25) is 15.9 Å². The fraction of sp³-hybridized carbons (Fsp3) is 0.167. The Morgan fingerprint density at radius 2 is 1.47 bits per heavy atom. The fourth-order valence-electron chi connectivity index (χ4n) is 3.26. The number of hydrogen-bond acceptors (Lipinski definition) is 4. The summed E-state index contributed by atoms with van der Waals surface area (Å²) >= 11 is 0. The Labute approximate surface area is 187 Å². The van der Waals surface area contributed by atoms with Crippen LogP contribution in [-0.2, 0) is 26.0 Å². The van der Waals surface area contributed by atoms with Gasteiger partial charge in [-0.2, -0.15) is 0 Å². The van der Waals surface area contributed by atoms with E-state index >= 15 is 0 Å². The number of aryl methyl sites for hydroxylation is 1. The van der Waals surface area contributed by atoms with E-state index in [2.05, 4.69) is 4.72 Å². The maximum absolute atomic E-state index is 13.1. The van der Waals surface area contributed by atoms with E-state index in [1.807, 2.05) is 13.0 Å². The van der Waals surface area contributed by atoms with Crippen molar-refractivity contribution in [1.82, 2.24) is 4.72 Å². The maximum atomic E-state index is 13.1. The van der Waals surface area contributed by atoms with Crippen molar-refractivity contribution in [3.8, 4) is 0 Å². The van der Waals surface area contributed by atoms with Gasteiger partial charge in [-0.05, 0) is 36.8 Å². The normalized spacial score (nSPS) is 12.2. The minimum Gasteiger partial charge on any atom is -0.480 e. The molecular weight excluding hydrogens is 428 g/mol. The van der Waals surface area contributed by atoms with Gasteiger partial charge in [-0.3, -0.25) is 9.69 Å². The second-order valence-electron chi connectivity index (χ2n) is 7.28. The molecule has 32 heavy (non-hydrogen) atoms. The number of carboxylic acids is 1. The molecular formula is C24H24N2O5S. The minimum absolute atomic E-state index is 0.0289. The van der Waals surface area contributed by atoms with Crippen LogP contribution in [-0.4, -0.2) is 38.0 Å². The molecule has 3 aromatic rings. The van der Waals surface area contributed by atoms with Gasteiger partial charge in [-0.15, -0.1) is 0 Å². The number of carbonyl (C=O) groups is 2. The summed E-state index contributed by atoms with van der Waals surface area (Å²) in [5, 5.41) is 9.91. The second kappa shape index (κ2) is 10.2. The SMILES string of the molecule is Cc1ccc(S(=O)(=O)NCC(=O)N(c2ccccc2)[C@@H](Cc2ccccc2)C(=O)O)cc1. The molecule has 0 fully saturated rings. The number of nitrogens with one attached hydrogen (secondary N) is 1. The lowest BCUT2D eigenvalue weighted by atomic mass is 10.0. The predicted molar refractivity (Wildman–Crippen MR) is 122 cm³/mol. The molecule has 3 rings (SSSR count). The number of carbonyl (C=O) groups excluding carboxylic acids is 1. The average molecular weight is 453 g/mol. The topological polar surface area (TPSA) is 104 Å². The number of hydrogen-bond donors (Lipinski definition) is 2. The van der Waals surface area contributed by atoms with E-state index in [9.17, 15) is 23.1 Å². The molecule has 0 saturated carbocycles. The lowest BCUT2D eigenvalue weighted by Gasteiger charge is -2.29. The molecule has 0 aliphatic carbocycles. The molecule has 0 aliphatic heterocycles. The van der Waals surface area contributed by atoms with Crippen LogP contribution in [0.4, 0.5) is 5.69 Å². The summed E-state index contributed by atoms with van der Waals surface area (Å²) in [6.45, 7) is 1.26. The first-order valence-corrected chi connectivity index (χ1v) is 11.5. The first-order chi connectivity index (χ1) is 15.3. The van der Waals surface area contributed by atoms with Crippen molar-refractivity contribution in [2.24, 2.45) is 0 Å². The lowest BCUT2D eigenvalue weighted by molar-refractivity contribution is -0.140. The van der Waals surface area contributed by atoms with Crippen LogP contribution in [0.1, 0.15) is 11.1 Å². The van der Waals surface area contributed by atoms with Crippen LogP contribution in [0.25, 0.3) is 0 Å². The number of amides is 1. The molecule has 0 bridgehead atoms. The van der Waals surface area contributed by atoms with Crippen molar-refractivity contribution in [2.75, 3.05) is 11.4 Å². The number of benzene rings is 3. The molecule has 2 N–H and O–H groups in total. The summed E-state index contributed by atoms with van der Waals surface area (Å²) in [5.41, 5.74) is 2.02. The van der Waals surface area contributed by atoms with Crippen molar-refractivity contribution >= 4 is 27.6 Å². The van der Waals surface area contributed by atoms with E-state index in [-0.39, 0.29) is 11.3 Å². The zero-order valence-electron chi connectivity index (χ0n) is 17.5. The molecule has 0 aliphatic rings. The summed E-state index contributed by atoms with van der Waals surface area (Å²) in [4.78, 5) is 26.5. The highest BCUT2D eigenvalue weighted by Gasteiger charge is 2.32. The second-order valence-corrected chi connectivity index (χ2v) is 9.05. The zero-order valence-corrected chi connectivity index (χ0v) is 18.3. The molecule has 0 saturated heterocycles. The van der Waals surface area contributed by atoms with Gasteiger partial charge in [0.05, 0.1) is 11.4 Å². The third kappa shape index (κ3) is 5.81. The van der Waals surface area contributed by atoms with E-state index in [1.165, 1.54) is 12.1 Å². The number of aliphatic carboxylic acids is 1. The lowest BCUT2D eigenvalue weighted by Crippen LogP contribution is -2.50. The van der Waals surface area contributed by atoms with Crippen LogP contribution in [0.3, 0.4) is 0 Å². The van der Waals surface area contributed by atoms with Gasteiger partial charge in [0, 0.05) is 12.1 Å². The van der Waals surface area contributed by atoms with Crippen molar-refractivity contribution in [1.29, 1.82) is 0 Å². The number of rotatable bonds is 9. The average Bonchev–Trinajstić information content (AvgIpc) is 2.79. The van der Waals surface area contributed by atoms with Crippen LogP contribution in [0.15, 0.2) is 89.8 Å². The third-order valence-corrected chi connectivity index (χ3v) is 6.33. The van der Waals surface area contributed by atoms with E-state index in [4.69, 9.17) is 0 Å². The van der Waals surface area contributed by atoms with Crippen molar-refractivity contribution in [3.63, 3.8) is 0 Å². The van der Waals surface area contributed by atoms with Gasteiger partial charge >= 0.3 is 5.97 Å². The molecule has 0 radical (unpaired) electrons. The zero-order chi connectivity index (χ0) is 23.1. The Hall–Kier alpha value is -3.49. The molecule has 7 nitrogen and oxygen atoms in total. The Morgan fingerprint density at radius 3 is 2.03 bits per heavy atom. The van der Waals surface area contributed by atoms with E-state index in [0.717, 1.165) is 16.0 Å². The molecule has 1 atom stereocenters. The van der Waals surface area contributed by atoms with Crippen LogP contribution in [0, 0.1) is 6.92 Å². The number of nitrogens with zero attached hydrogens (tertiary/aromatic N) is 1. The summed E-state index contributed by atoms with van der Waals surface area (Å²) < 4.78 is 27.5. The maximum Gasteiger partial charge on any atom is 0.327 e. The van der Waals surface area contributed by atoms with Crippen molar-refractivity contribution in [3.05, 3.63) is 96.1 Å². The van der Waals surface area contributed by atoms with Gasteiger partial charge in [0.15, 0.2) is 0 Å². The monoisotopic (exact) mass is 452 g/mol. The van der Waals surface area contributed by atoms with Gasteiger partial charge in [-0.1, -0.05) is 66.2 Å².